The van der Waals surface area contributed by atoms with Crippen LogP contribution in [-0.4, -0.2) is 39.3 Å². The zero-order valence-corrected chi connectivity index (χ0v) is 10.2. The van der Waals surface area contributed by atoms with E-state index in [-0.39, 0.29) is 23.8 Å². The zero-order valence-electron chi connectivity index (χ0n) is 10.2. The van der Waals surface area contributed by atoms with Crippen LogP contribution >= 0.6 is 0 Å². The number of hydrogen-bond donors (Lipinski definition) is 3. The third kappa shape index (κ3) is 3.03. The van der Waals surface area contributed by atoms with Crippen molar-refractivity contribution in [3.05, 3.63) is 11.6 Å². The lowest BCUT2D eigenvalue weighted by molar-refractivity contribution is 0.0901. The molecule has 0 aliphatic heterocycles. The number of hydrogen-bond acceptors (Lipinski definition) is 4. The maximum absolute atomic E-state index is 11.7. The van der Waals surface area contributed by atoms with Gasteiger partial charge in [-0.3, -0.25) is 9.89 Å². The number of carbonyl (C=O) groups excluding carboxylic acids is 1. The Morgan fingerprint density at radius 2 is 2.29 bits per heavy atom. The second kappa shape index (κ2) is 4.44. The minimum atomic E-state index is -0.328. The van der Waals surface area contributed by atoms with E-state index in [9.17, 15) is 4.79 Å². The summed E-state index contributed by atoms with van der Waals surface area (Å²) in [5, 5.41) is 18.5. The SMILES string of the molecule is CC(C)(CO)CNC(=O)c1n[nH]c(C2CC2)n1. The fraction of sp³-hybridized carbons (Fsp3) is 0.727. The number of aromatic nitrogens is 3. The van der Waals surface area contributed by atoms with Gasteiger partial charge in [-0.05, 0) is 12.8 Å². The van der Waals surface area contributed by atoms with Crippen molar-refractivity contribution < 1.29 is 9.90 Å². The third-order valence-electron chi connectivity index (χ3n) is 2.83. The standard InChI is InChI=1S/C11H18N4O2/c1-11(2,6-16)5-12-10(17)9-13-8(14-15-9)7-3-4-7/h7,16H,3-6H2,1-2H3,(H,12,17)(H,13,14,15). The fourth-order valence-corrected chi connectivity index (χ4v) is 1.37. The molecule has 1 amide bonds. The van der Waals surface area contributed by atoms with Crippen molar-refractivity contribution in [2.24, 2.45) is 5.41 Å². The number of aliphatic hydroxyl groups excluding tert-OH is 1. The van der Waals surface area contributed by atoms with Gasteiger partial charge < -0.3 is 10.4 Å². The van der Waals surface area contributed by atoms with E-state index in [4.69, 9.17) is 5.11 Å². The number of rotatable bonds is 5. The van der Waals surface area contributed by atoms with Crippen molar-refractivity contribution in [2.75, 3.05) is 13.2 Å². The molecule has 0 spiro atoms. The molecule has 0 atom stereocenters. The highest BCUT2D eigenvalue weighted by Gasteiger charge is 2.28. The molecule has 94 valence electrons. The maximum Gasteiger partial charge on any atom is 0.290 e. The van der Waals surface area contributed by atoms with Crippen LogP contribution in [0, 0.1) is 5.41 Å². The van der Waals surface area contributed by atoms with Crippen molar-refractivity contribution in [1.29, 1.82) is 0 Å². The molecule has 17 heavy (non-hydrogen) atoms. The molecule has 6 nitrogen and oxygen atoms in total. The monoisotopic (exact) mass is 238 g/mol. The largest absolute Gasteiger partial charge is 0.396 e. The van der Waals surface area contributed by atoms with Crippen LogP contribution in [0.5, 0.6) is 0 Å². The molecule has 0 bridgehead atoms. The van der Waals surface area contributed by atoms with Crippen LogP contribution < -0.4 is 5.32 Å². The van der Waals surface area contributed by atoms with Crippen molar-refractivity contribution >= 4 is 5.91 Å². The normalized spacial score (nSPS) is 15.9. The smallest absolute Gasteiger partial charge is 0.290 e. The van der Waals surface area contributed by atoms with Crippen molar-refractivity contribution in [2.45, 2.75) is 32.6 Å². The number of nitrogens with one attached hydrogen (secondary N) is 2. The first-order valence-electron chi connectivity index (χ1n) is 5.83. The minimum Gasteiger partial charge on any atom is -0.396 e. The Kier molecular flexibility index (Phi) is 3.15. The lowest BCUT2D eigenvalue weighted by Gasteiger charge is -2.21. The number of carbonyl (C=O) groups is 1. The van der Waals surface area contributed by atoms with Gasteiger partial charge in [-0.1, -0.05) is 13.8 Å². The van der Waals surface area contributed by atoms with Crippen LogP contribution in [0.1, 0.15) is 49.1 Å². The summed E-state index contributed by atoms with van der Waals surface area (Å²) >= 11 is 0. The Hall–Kier alpha value is -1.43. The summed E-state index contributed by atoms with van der Waals surface area (Å²) in [6, 6.07) is 0. The Balaban J connectivity index is 1.90. The van der Waals surface area contributed by atoms with Gasteiger partial charge in [0.1, 0.15) is 5.82 Å². The van der Waals surface area contributed by atoms with Gasteiger partial charge in [0.05, 0.1) is 0 Å². The van der Waals surface area contributed by atoms with E-state index < -0.39 is 0 Å². The molecule has 1 heterocycles. The Morgan fingerprint density at radius 3 is 2.88 bits per heavy atom. The second-order valence-electron chi connectivity index (χ2n) is 5.32. The number of amides is 1. The van der Waals surface area contributed by atoms with Crippen LogP contribution in [-0.2, 0) is 0 Å². The highest BCUT2D eigenvalue weighted by molar-refractivity contribution is 5.90. The fourth-order valence-electron chi connectivity index (χ4n) is 1.37. The Labute approximate surface area is 99.8 Å². The van der Waals surface area contributed by atoms with Crippen LogP contribution in [0.3, 0.4) is 0 Å². The maximum atomic E-state index is 11.7. The lowest BCUT2D eigenvalue weighted by Crippen LogP contribution is -2.36. The van der Waals surface area contributed by atoms with Gasteiger partial charge in [0.25, 0.3) is 5.91 Å². The van der Waals surface area contributed by atoms with Gasteiger partial charge in [-0.25, -0.2) is 4.98 Å². The molecule has 0 radical (unpaired) electrons. The topological polar surface area (TPSA) is 90.9 Å². The molecular formula is C11H18N4O2. The van der Waals surface area contributed by atoms with E-state index in [1.54, 1.807) is 0 Å². The summed E-state index contributed by atoms with van der Waals surface area (Å²) in [4.78, 5) is 15.9. The van der Waals surface area contributed by atoms with Crippen LogP contribution in [0.25, 0.3) is 0 Å². The Morgan fingerprint density at radius 1 is 1.59 bits per heavy atom. The quantitative estimate of drug-likeness (QED) is 0.693. The van der Waals surface area contributed by atoms with Crippen molar-refractivity contribution in [3.8, 4) is 0 Å². The number of H-pyrrole nitrogens is 1. The van der Waals surface area contributed by atoms with Gasteiger partial charge in [0.15, 0.2) is 0 Å². The zero-order chi connectivity index (χ0) is 12.5. The van der Waals surface area contributed by atoms with E-state index in [0.29, 0.717) is 12.5 Å². The predicted molar refractivity (Wildman–Crippen MR) is 61.6 cm³/mol. The van der Waals surface area contributed by atoms with Gasteiger partial charge in [0, 0.05) is 24.5 Å². The average Bonchev–Trinajstić information content (AvgIpc) is 3.04. The molecular weight excluding hydrogens is 220 g/mol. The summed E-state index contributed by atoms with van der Waals surface area (Å²) in [5.41, 5.74) is -0.328. The first kappa shape index (κ1) is 12.0. The van der Waals surface area contributed by atoms with E-state index in [0.717, 1.165) is 18.7 Å². The second-order valence-corrected chi connectivity index (χ2v) is 5.32. The van der Waals surface area contributed by atoms with Gasteiger partial charge >= 0.3 is 0 Å². The molecule has 2 rings (SSSR count). The molecule has 0 aromatic carbocycles. The van der Waals surface area contributed by atoms with E-state index in [1.165, 1.54) is 0 Å². The highest BCUT2D eigenvalue weighted by Crippen LogP contribution is 2.37. The highest BCUT2D eigenvalue weighted by atomic mass is 16.3. The molecule has 1 saturated carbocycles. The van der Waals surface area contributed by atoms with Crippen LogP contribution in [0.15, 0.2) is 0 Å². The molecule has 0 saturated heterocycles. The molecule has 3 N–H and O–H groups in total. The number of nitrogens with zero attached hydrogens (tertiary/aromatic N) is 2. The summed E-state index contributed by atoms with van der Waals surface area (Å²) in [6.07, 6.45) is 2.24. The number of aliphatic hydroxyl groups is 1. The first-order chi connectivity index (χ1) is 8.02. The first-order valence-corrected chi connectivity index (χ1v) is 5.83. The van der Waals surface area contributed by atoms with Crippen molar-refractivity contribution in [3.63, 3.8) is 0 Å². The predicted octanol–water partition coefficient (Wildman–Crippen LogP) is 0.430. The molecule has 1 aliphatic rings. The van der Waals surface area contributed by atoms with E-state index in [2.05, 4.69) is 20.5 Å². The number of aromatic amines is 1. The van der Waals surface area contributed by atoms with Gasteiger partial charge in [-0.2, -0.15) is 0 Å². The average molecular weight is 238 g/mol. The van der Waals surface area contributed by atoms with E-state index >= 15 is 0 Å². The third-order valence-corrected chi connectivity index (χ3v) is 2.83. The molecule has 0 unspecified atom stereocenters. The van der Waals surface area contributed by atoms with Crippen molar-refractivity contribution in [1.82, 2.24) is 20.5 Å². The van der Waals surface area contributed by atoms with Gasteiger partial charge in [-0.15, -0.1) is 5.10 Å². The molecule has 1 fully saturated rings. The van der Waals surface area contributed by atoms with Crippen LogP contribution in [0.2, 0.25) is 0 Å². The van der Waals surface area contributed by atoms with Crippen LogP contribution in [0.4, 0.5) is 0 Å². The molecule has 1 aromatic rings. The Bertz CT molecular complexity index is 409. The molecule has 1 aliphatic carbocycles. The molecule has 6 heteroatoms. The molecule has 1 aromatic heterocycles. The van der Waals surface area contributed by atoms with Gasteiger partial charge in [0.2, 0.25) is 5.82 Å². The summed E-state index contributed by atoms with van der Waals surface area (Å²) in [6.45, 7) is 4.17. The summed E-state index contributed by atoms with van der Waals surface area (Å²) < 4.78 is 0. The lowest BCUT2D eigenvalue weighted by atomic mass is 9.95. The summed E-state index contributed by atoms with van der Waals surface area (Å²) in [7, 11) is 0. The summed E-state index contributed by atoms with van der Waals surface area (Å²) in [5.74, 6) is 1.14. The minimum absolute atomic E-state index is 0.0224. The van der Waals surface area contributed by atoms with E-state index in [1.807, 2.05) is 13.8 Å².